The highest BCUT2D eigenvalue weighted by Gasteiger charge is 2.28. The van der Waals surface area contributed by atoms with E-state index in [1.54, 1.807) is 31.2 Å². The van der Waals surface area contributed by atoms with Gasteiger partial charge in [-0.1, -0.05) is 17.7 Å². The van der Waals surface area contributed by atoms with Crippen LogP contribution in [0.15, 0.2) is 50.7 Å². The van der Waals surface area contributed by atoms with E-state index in [0.717, 1.165) is 22.3 Å². The summed E-state index contributed by atoms with van der Waals surface area (Å²) in [7, 11) is 1.54. The third kappa shape index (κ3) is 4.65. The number of hydrogen-bond donors (Lipinski definition) is 2. The highest BCUT2D eigenvalue weighted by molar-refractivity contribution is 5.57. The fourth-order valence-corrected chi connectivity index (χ4v) is 3.53. The van der Waals surface area contributed by atoms with E-state index in [1.165, 1.54) is 7.11 Å². The van der Waals surface area contributed by atoms with Gasteiger partial charge >= 0.3 is 5.63 Å². The van der Waals surface area contributed by atoms with Gasteiger partial charge in [0.2, 0.25) is 0 Å². The summed E-state index contributed by atoms with van der Waals surface area (Å²) >= 11 is 0. The molecular formula is C22H25NO6. The Bertz CT molecular complexity index is 1000. The van der Waals surface area contributed by atoms with Crippen LogP contribution < -0.4 is 15.6 Å². The van der Waals surface area contributed by atoms with Crippen molar-refractivity contribution in [3.8, 4) is 5.75 Å². The van der Waals surface area contributed by atoms with Crippen LogP contribution in [0.5, 0.6) is 5.75 Å². The second-order valence-electron chi connectivity index (χ2n) is 7.16. The highest BCUT2D eigenvalue weighted by Crippen LogP contribution is 2.37. The van der Waals surface area contributed by atoms with E-state index in [2.05, 4.69) is 0 Å². The summed E-state index contributed by atoms with van der Waals surface area (Å²) < 4.78 is 16.7. The number of allylic oxidation sites excluding steroid dienone is 2. The standard InChI is InChI=1S/C22H25NO6/c1-13(9-16-5-7-18(8-6-16)23(25)26)10-17-11-19(28-12-17)21-14(2)20(27-4)15(3)22(24)29-21/h5-10,19,23,25H,11-12H2,1-4H3/b13-9+,17-10-/t19-/m1/s1. The van der Waals surface area contributed by atoms with Gasteiger partial charge in [0.05, 0.1) is 19.3 Å². The van der Waals surface area contributed by atoms with Crippen molar-refractivity contribution in [1.29, 1.82) is 0 Å². The molecule has 2 aromatic rings. The van der Waals surface area contributed by atoms with Crippen molar-refractivity contribution in [3.63, 3.8) is 0 Å². The molecule has 1 aromatic heterocycles. The minimum absolute atomic E-state index is 0.260. The number of ether oxygens (including phenoxy) is 2. The van der Waals surface area contributed by atoms with Gasteiger partial charge in [-0.25, -0.2) is 10.0 Å². The van der Waals surface area contributed by atoms with Crippen LogP contribution in [0.2, 0.25) is 0 Å². The highest BCUT2D eigenvalue weighted by atomic mass is 16.8. The zero-order chi connectivity index (χ0) is 21.1. The van der Waals surface area contributed by atoms with Crippen molar-refractivity contribution < 1.29 is 24.3 Å². The van der Waals surface area contributed by atoms with Gasteiger partial charge in [-0.15, -0.1) is 0 Å². The zero-order valence-electron chi connectivity index (χ0n) is 16.9. The van der Waals surface area contributed by atoms with Gasteiger partial charge in [0.15, 0.2) is 5.69 Å². The van der Waals surface area contributed by atoms with Crippen molar-refractivity contribution in [2.24, 2.45) is 0 Å². The first-order valence-electron chi connectivity index (χ1n) is 9.31. The van der Waals surface area contributed by atoms with Crippen molar-refractivity contribution in [3.05, 3.63) is 79.6 Å². The minimum atomic E-state index is -0.941. The molecule has 1 aliphatic rings. The number of methoxy groups -OCH3 is 1. The molecule has 154 valence electrons. The number of nitrogens with one attached hydrogen (secondary N) is 1. The van der Waals surface area contributed by atoms with E-state index in [4.69, 9.17) is 19.1 Å². The van der Waals surface area contributed by atoms with Gasteiger partial charge < -0.3 is 19.1 Å². The van der Waals surface area contributed by atoms with Crippen LogP contribution in [-0.4, -0.2) is 18.9 Å². The molecule has 7 nitrogen and oxygen atoms in total. The van der Waals surface area contributed by atoms with Crippen LogP contribution >= 0.6 is 0 Å². The summed E-state index contributed by atoms with van der Waals surface area (Å²) in [5, 5.41) is 19.0. The van der Waals surface area contributed by atoms with E-state index >= 15 is 0 Å². The Morgan fingerprint density at radius 3 is 2.59 bits per heavy atom. The molecule has 0 aliphatic carbocycles. The van der Waals surface area contributed by atoms with Gasteiger partial charge in [-0.05, 0) is 44.0 Å². The maximum absolute atomic E-state index is 12.1. The summed E-state index contributed by atoms with van der Waals surface area (Å²) in [6, 6.07) is 6.71. The summed E-state index contributed by atoms with van der Waals surface area (Å²) in [5.41, 5.74) is 4.11. The van der Waals surface area contributed by atoms with Crippen LogP contribution in [-0.2, 0) is 4.74 Å². The summed E-state index contributed by atoms with van der Waals surface area (Å²) in [6.45, 7) is 5.97. The van der Waals surface area contributed by atoms with Crippen molar-refractivity contribution in [1.82, 2.24) is 0 Å². The molecule has 1 unspecified atom stereocenters. The fraction of sp³-hybridized carbons (Fsp3) is 0.318. The Kier molecular flexibility index (Phi) is 6.34. The fourth-order valence-electron chi connectivity index (χ4n) is 3.53. The van der Waals surface area contributed by atoms with Crippen molar-refractivity contribution in [2.75, 3.05) is 13.7 Å². The lowest BCUT2D eigenvalue weighted by molar-refractivity contribution is -0.991. The molecule has 0 saturated carbocycles. The molecule has 7 heteroatoms. The summed E-state index contributed by atoms with van der Waals surface area (Å²) in [5.74, 6) is 1.05. The van der Waals surface area contributed by atoms with Crippen molar-refractivity contribution >= 4 is 11.8 Å². The molecule has 2 heterocycles. The molecule has 2 N–H and O–H groups in total. The average molecular weight is 399 g/mol. The lowest BCUT2D eigenvalue weighted by Crippen LogP contribution is -2.99. The molecule has 0 radical (unpaired) electrons. The van der Waals surface area contributed by atoms with Gasteiger partial charge in [0, 0.05) is 24.1 Å². The monoisotopic (exact) mass is 399 g/mol. The molecule has 1 saturated heterocycles. The van der Waals surface area contributed by atoms with Crippen LogP contribution in [0.1, 0.15) is 41.9 Å². The lowest BCUT2D eigenvalue weighted by Gasteiger charge is -2.14. The van der Waals surface area contributed by atoms with Gasteiger partial charge in [0.1, 0.15) is 17.6 Å². The van der Waals surface area contributed by atoms with E-state index < -0.39 is 10.9 Å². The Hall–Kier alpha value is -2.71. The quantitative estimate of drug-likeness (QED) is 0.750. The summed E-state index contributed by atoms with van der Waals surface area (Å²) in [4.78, 5) is 12.1. The topological polar surface area (TPSA) is 96.4 Å². The number of quaternary nitrogens is 1. The van der Waals surface area contributed by atoms with Gasteiger partial charge in [-0.3, -0.25) is 0 Å². The predicted molar refractivity (Wildman–Crippen MR) is 108 cm³/mol. The van der Waals surface area contributed by atoms with E-state index in [0.29, 0.717) is 30.1 Å². The Morgan fingerprint density at radius 1 is 1.28 bits per heavy atom. The second-order valence-corrected chi connectivity index (χ2v) is 7.16. The van der Waals surface area contributed by atoms with Crippen LogP contribution in [0.4, 0.5) is 5.69 Å². The maximum atomic E-state index is 12.1. The van der Waals surface area contributed by atoms with E-state index in [9.17, 15) is 10.0 Å². The number of benzene rings is 1. The smallest absolute Gasteiger partial charge is 0.342 e. The largest absolute Gasteiger partial charge is 0.595 e. The minimum Gasteiger partial charge on any atom is -0.595 e. The Morgan fingerprint density at radius 2 is 1.97 bits per heavy atom. The zero-order valence-corrected chi connectivity index (χ0v) is 16.9. The van der Waals surface area contributed by atoms with Crippen LogP contribution in [0, 0.1) is 19.1 Å². The average Bonchev–Trinajstić information content (AvgIpc) is 3.13. The molecule has 0 bridgehead atoms. The molecule has 1 aromatic carbocycles. The molecule has 1 fully saturated rings. The molecule has 3 rings (SSSR count). The molecule has 2 atom stereocenters. The third-order valence-corrected chi connectivity index (χ3v) is 4.96. The molecule has 0 amide bonds. The van der Waals surface area contributed by atoms with Crippen LogP contribution in [0.25, 0.3) is 6.08 Å². The van der Waals surface area contributed by atoms with E-state index in [1.807, 2.05) is 26.0 Å². The van der Waals surface area contributed by atoms with Crippen LogP contribution in [0.3, 0.4) is 0 Å². The predicted octanol–water partition coefficient (Wildman–Crippen LogP) is 3.16. The molecule has 0 spiro atoms. The Labute approximate surface area is 169 Å². The number of hydrogen-bond acceptors (Lipinski definition) is 6. The lowest BCUT2D eigenvalue weighted by atomic mass is 10.0. The third-order valence-electron chi connectivity index (χ3n) is 4.96. The summed E-state index contributed by atoms with van der Waals surface area (Å²) in [6.07, 6.45) is 4.32. The SMILES string of the molecule is COc1c(C)c([C@H]2C/C(=C/C(C)=C/c3ccc([NH+]([O-])O)cc3)CO2)oc(=O)c1C. The normalized spacial score (nSPS) is 19.6. The Balaban J connectivity index is 1.77. The first-order chi connectivity index (χ1) is 13.8. The molecular weight excluding hydrogens is 374 g/mol. The first-order valence-corrected chi connectivity index (χ1v) is 9.31. The number of rotatable bonds is 5. The van der Waals surface area contributed by atoms with Gasteiger partial charge in [0.25, 0.3) is 0 Å². The molecule has 29 heavy (non-hydrogen) atoms. The van der Waals surface area contributed by atoms with E-state index in [-0.39, 0.29) is 11.8 Å². The van der Waals surface area contributed by atoms with Gasteiger partial charge in [-0.2, -0.15) is 5.23 Å². The first kappa shape index (κ1) is 21.0. The maximum Gasteiger partial charge on any atom is 0.342 e. The second kappa shape index (κ2) is 8.75. The molecule has 1 aliphatic heterocycles. The van der Waals surface area contributed by atoms with Crippen molar-refractivity contribution in [2.45, 2.75) is 33.3 Å².